The molecule has 1 fully saturated rings. The average Bonchev–Trinajstić information content (AvgIpc) is 2.73. The van der Waals surface area contributed by atoms with Crippen LogP contribution in [0.15, 0.2) is 36.7 Å². The van der Waals surface area contributed by atoms with Crippen LogP contribution in [0.3, 0.4) is 0 Å². The summed E-state index contributed by atoms with van der Waals surface area (Å²) >= 11 is 5.85. The van der Waals surface area contributed by atoms with Crippen molar-refractivity contribution in [3.05, 3.63) is 47.5 Å². The maximum Gasteiger partial charge on any atom is 0.387 e. The second kappa shape index (κ2) is 9.15. The van der Waals surface area contributed by atoms with Crippen LogP contribution >= 0.6 is 11.6 Å². The third-order valence-corrected chi connectivity index (χ3v) is 5.35. The lowest BCUT2D eigenvalue weighted by molar-refractivity contribution is -0.0523. The monoisotopic (exact) mass is 452 g/mol. The number of anilines is 2. The van der Waals surface area contributed by atoms with Gasteiger partial charge in [0.1, 0.15) is 24.1 Å². The summed E-state index contributed by atoms with van der Waals surface area (Å²) in [6, 6.07) is 7.15. The van der Waals surface area contributed by atoms with Crippen LogP contribution < -0.4 is 14.8 Å². The maximum atomic E-state index is 13.5. The summed E-state index contributed by atoms with van der Waals surface area (Å²) in [6.07, 6.45) is 2.71. The van der Waals surface area contributed by atoms with Crippen LogP contribution in [0.2, 0.25) is 5.02 Å². The summed E-state index contributed by atoms with van der Waals surface area (Å²) in [4.78, 5) is 10.6. The Morgan fingerprint density at radius 1 is 1.13 bits per heavy atom. The summed E-state index contributed by atoms with van der Waals surface area (Å²) in [5.74, 6) is -0.0416. The molecule has 31 heavy (non-hydrogen) atoms. The lowest BCUT2D eigenvalue weighted by Gasteiger charge is -2.29. The quantitative estimate of drug-likeness (QED) is 0.552. The molecule has 3 aromatic rings. The first kappa shape index (κ1) is 21.5. The molecular weight excluding hydrogens is 433 g/mol. The highest BCUT2D eigenvalue weighted by atomic mass is 35.5. The number of nitrogens with zero attached hydrogens (tertiary/aromatic N) is 3. The third-order valence-electron chi connectivity index (χ3n) is 5.06. The van der Waals surface area contributed by atoms with Gasteiger partial charge < -0.3 is 19.7 Å². The number of rotatable bonds is 6. The molecule has 2 aromatic carbocycles. The Balaban J connectivity index is 1.70. The minimum atomic E-state index is -3.00. The van der Waals surface area contributed by atoms with Crippen molar-refractivity contribution < 1.29 is 22.6 Å². The molecule has 0 atom stereocenters. The zero-order valence-electron chi connectivity index (χ0n) is 16.6. The molecule has 10 heteroatoms. The molecule has 1 aromatic heterocycles. The molecule has 0 saturated carbocycles. The number of hydrogen-bond acceptors (Lipinski definition) is 6. The van der Waals surface area contributed by atoms with Gasteiger partial charge in [0.2, 0.25) is 0 Å². The third kappa shape index (κ3) is 5.11. The van der Waals surface area contributed by atoms with Crippen LogP contribution in [0.1, 0.15) is 12.8 Å². The fourth-order valence-electron chi connectivity index (χ4n) is 3.44. The van der Waals surface area contributed by atoms with Gasteiger partial charge in [-0.25, -0.2) is 14.4 Å². The molecule has 0 bridgehead atoms. The Morgan fingerprint density at radius 3 is 2.61 bits per heavy atom. The van der Waals surface area contributed by atoms with Crippen LogP contribution in [-0.4, -0.2) is 47.7 Å². The van der Waals surface area contributed by atoms with Crippen molar-refractivity contribution in [3.8, 4) is 11.5 Å². The molecule has 1 aliphatic rings. The van der Waals surface area contributed by atoms with E-state index in [0.717, 1.165) is 25.9 Å². The number of halogens is 4. The number of likely N-dealkylation sites (tertiary alicyclic amines) is 1. The van der Waals surface area contributed by atoms with Gasteiger partial charge >= 0.3 is 6.61 Å². The number of hydrogen-bond donors (Lipinski definition) is 1. The van der Waals surface area contributed by atoms with E-state index < -0.39 is 12.4 Å². The van der Waals surface area contributed by atoms with E-state index in [2.05, 4.69) is 20.2 Å². The Kier molecular flexibility index (Phi) is 6.33. The minimum absolute atomic E-state index is 0.0396. The van der Waals surface area contributed by atoms with Crippen molar-refractivity contribution in [3.63, 3.8) is 0 Å². The summed E-state index contributed by atoms with van der Waals surface area (Å²) < 4.78 is 50.2. The van der Waals surface area contributed by atoms with Crippen LogP contribution in [0.25, 0.3) is 10.9 Å². The van der Waals surface area contributed by atoms with E-state index in [1.165, 1.54) is 30.6 Å². The zero-order valence-corrected chi connectivity index (χ0v) is 17.4. The van der Waals surface area contributed by atoms with Crippen molar-refractivity contribution in [2.45, 2.75) is 25.6 Å². The van der Waals surface area contributed by atoms with Gasteiger partial charge in [0.15, 0.2) is 11.5 Å². The van der Waals surface area contributed by atoms with Crippen LogP contribution in [0.4, 0.5) is 24.7 Å². The van der Waals surface area contributed by atoms with Gasteiger partial charge in [0.25, 0.3) is 0 Å². The normalized spacial score (nSPS) is 15.4. The van der Waals surface area contributed by atoms with Crippen LogP contribution in [0.5, 0.6) is 11.5 Å². The number of aromatic nitrogens is 2. The molecule has 0 unspecified atom stereocenters. The van der Waals surface area contributed by atoms with Crippen molar-refractivity contribution in [2.24, 2.45) is 0 Å². The molecule has 1 saturated heterocycles. The average molecular weight is 453 g/mol. The zero-order chi connectivity index (χ0) is 22.0. The van der Waals surface area contributed by atoms with Gasteiger partial charge in [-0.2, -0.15) is 8.78 Å². The molecule has 0 amide bonds. The SMILES string of the molecule is CN1CCC(Oc2cc3c(Nc4ccc(F)c(Cl)c4)ncnc3cc2OC(F)F)CC1. The predicted octanol–water partition coefficient (Wildman–Crippen LogP) is 5.24. The molecule has 4 rings (SSSR count). The van der Waals surface area contributed by atoms with E-state index in [1.54, 1.807) is 6.07 Å². The van der Waals surface area contributed by atoms with E-state index in [-0.39, 0.29) is 22.6 Å². The van der Waals surface area contributed by atoms with Gasteiger partial charge in [0.05, 0.1) is 10.5 Å². The highest BCUT2D eigenvalue weighted by Gasteiger charge is 2.22. The molecule has 0 aliphatic carbocycles. The van der Waals surface area contributed by atoms with E-state index >= 15 is 0 Å². The van der Waals surface area contributed by atoms with Gasteiger partial charge in [-0.05, 0) is 44.2 Å². The first-order valence-electron chi connectivity index (χ1n) is 9.70. The van der Waals surface area contributed by atoms with E-state index in [0.29, 0.717) is 22.4 Å². The molecule has 1 N–H and O–H groups in total. The van der Waals surface area contributed by atoms with E-state index in [1.807, 2.05) is 7.05 Å². The van der Waals surface area contributed by atoms with Gasteiger partial charge in [-0.15, -0.1) is 0 Å². The molecule has 6 nitrogen and oxygen atoms in total. The lowest BCUT2D eigenvalue weighted by atomic mass is 10.1. The summed E-state index contributed by atoms with van der Waals surface area (Å²) in [7, 11) is 2.02. The van der Waals surface area contributed by atoms with E-state index in [9.17, 15) is 13.2 Å². The molecular formula is C21H20ClF3N4O2. The van der Waals surface area contributed by atoms with Gasteiger partial charge in [-0.1, -0.05) is 11.6 Å². The Labute approximate surface area is 181 Å². The number of ether oxygens (including phenoxy) is 2. The highest BCUT2D eigenvalue weighted by Crippen LogP contribution is 2.37. The topological polar surface area (TPSA) is 59.5 Å². The van der Waals surface area contributed by atoms with Crippen molar-refractivity contribution >= 4 is 34.0 Å². The van der Waals surface area contributed by atoms with Crippen LogP contribution in [-0.2, 0) is 0 Å². The second-order valence-corrected chi connectivity index (χ2v) is 7.70. The first-order chi connectivity index (χ1) is 14.9. The number of fused-ring (bicyclic) bond motifs is 1. The predicted molar refractivity (Wildman–Crippen MR) is 112 cm³/mol. The highest BCUT2D eigenvalue weighted by molar-refractivity contribution is 6.31. The number of nitrogens with one attached hydrogen (secondary N) is 1. The van der Waals surface area contributed by atoms with Gasteiger partial charge in [-0.3, -0.25) is 0 Å². The van der Waals surface area contributed by atoms with Crippen LogP contribution in [0, 0.1) is 5.82 Å². The number of benzene rings is 2. The number of alkyl halides is 2. The number of piperidine rings is 1. The molecule has 164 valence electrons. The van der Waals surface area contributed by atoms with Gasteiger partial charge in [0, 0.05) is 30.2 Å². The maximum absolute atomic E-state index is 13.5. The summed E-state index contributed by atoms with van der Waals surface area (Å²) in [5.41, 5.74) is 0.897. The lowest BCUT2D eigenvalue weighted by Crippen LogP contribution is -2.35. The van der Waals surface area contributed by atoms with Crippen molar-refractivity contribution in [1.29, 1.82) is 0 Å². The smallest absolute Gasteiger partial charge is 0.387 e. The van der Waals surface area contributed by atoms with E-state index in [4.69, 9.17) is 21.1 Å². The van der Waals surface area contributed by atoms with Crippen molar-refractivity contribution in [1.82, 2.24) is 14.9 Å². The Bertz CT molecular complexity index is 1080. The molecule has 0 spiro atoms. The fraction of sp³-hybridized carbons (Fsp3) is 0.333. The Morgan fingerprint density at radius 2 is 1.90 bits per heavy atom. The largest absolute Gasteiger partial charge is 0.486 e. The molecule has 0 radical (unpaired) electrons. The molecule has 1 aliphatic heterocycles. The fourth-order valence-corrected chi connectivity index (χ4v) is 3.62. The second-order valence-electron chi connectivity index (χ2n) is 7.29. The van der Waals surface area contributed by atoms with Crippen molar-refractivity contribution in [2.75, 3.05) is 25.5 Å². The standard InChI is InChI=1S/C21H20ClF3N4O2/c1-29-6-4-13(5-7-29)30-18-9-14-17(10-19(18)31-21(24)25)26-11-27-20(14)28-12-2-3-16(23)15(22)8-12/h2-3,8-11,13,21H,4-7H2,1H3,(H,26,27,28). The minimum Gasteiger partial charge on any atom is -0.486 e. The summed E-state index contributed by atoms with van der Waals surface area (Å²) in [5, 5.41) is 3.55. The summed E-state index contributed by atoms with van der Waals surface area (Å²) in [6.45, 7) is -1.30. The Hall–Kier alpha value is -2.78. The first-order valence-corrected chi connectivity index (χ1v) is 10.1. The molecule has 2 heterocycles.